The summed E-state index contributed by atoms with van der Waals surface area (Å²) in [4.78, 5) is 28.9. The molecular weight excluding hydrogens is 461 g/mol. The Morgan fingerprint density at radius 3 is 2.42 bits per heavy atom. The van der Waals surface area contributed by atoms with Gasteiger partial charge in [-0.2, -0.15) is 0 Å². The number of amides is 2. The van der Waals surface area contributed by atoms with E-state index in [-0.39, 0.29) is 30.5 Å². The normalized spacial score (nSPS) is 13.7. The minimum absolute atomic E-state index is 0.00864. The highest BCUT2D eigenvalue weighted by Gasteiger charge is 2.22. The number of hydrogen-bond acceptors (Lipinski definition) is 7. The molecule has 0 spiro atoms. The number of carbonyl (C=O) groups is 2. The zero-order valence-electron chi connectivity index (χ0n) is 17.9. The third-order valence-corrected chi connectivity index (χ3v) is 7.29. The smallest absolute Gasteiger partial charge is 0.226 e. The number of hydrogen-bond donors (Lipinski definition) is 1. The van der Waals surface area contributed by atoms with Crippen molar-refractivity contribution < 1.29 is 14.0 Å². The maximum Gasteiger partial charge on any atom is 0.226 e. The van der Waals surface area contributed by atoms with E-state index >= 15 is 0 Å². The number of carbonyl (C=O) groups excluding carboxylic acids is 2. The van der Waals surface area contributed by atoms with Gasteiger partial charge in [-0.25, -0.2) is 4.39 Å². The first-order valence-corrected chi connectivity index (χ1v) is 12.5. The molecule has 33 heavy (non-hydrogen) atoms. The van der Waals surface area contributed by atoms with Crippen molar-refractivity contribution in [3.63, 3.8) is 0 Å². The Bertz CT molecular complexity index is 1070. The van der Waals surface area contributed by atoms with Crippen LogP contribution < -0.4 is 10.2 Å². The second-order valence-corrected chi connectivity index (χ2v) is 9.74. The molecule has 0 unspecified atom stereocenters. The highest BCUT2D eigenvalue weighted by atomic mass is 32.2. The monoisotopic (exact) mass is 485 g/mol. The Morgan fingerprint density at radius 2 is 1.70 bits per heavy atom. The van der Waals surface area contributed by atoms with Crippen LogP contribution in [0, 0.1) is 5.82 Å². The number of piperazine rings is 1. The van der Waals surface area contributed by atoms with Crippen LogP contribution in [0.3, 0.4) is 0 Å². The lowest BCUT2D eigenvalue weighted by Crippen LogP contribution is -2.48. The molecule has 2 aromatic carbocycles. The Hall–Kier alpha value is -2.98. The fourth-order valence-corrected chi connectivity index (χ4v) is 5.18. The Morgan fingerprint density at radius 1 is 0.970 bits per heavy atom. The summed E-state index contributed by atoms with van der Waals surface area (Å²) in [6.45, 7) is 2.87. The molecule has 1 aromatic heterocycles. The molecule has 1 saturated heterocycles. The number of anilines is 2. The first-order valence-electron chi connectivity index (χ1n) is 10.7. The van der Waals surface area contributed by atoms with Gasteiger partial charge in [0.05, 0.1) is 0 Å². The van der Waals surface area contributed by atoms with Gasteiger partial charge in [0.2, 0.25) is 16.9 Å². The highest BCUT2D eigenvalue weighted by Crippen LogP contribution is 2.28. The van der Waals surface area contributed by atoms with Crippen molar-refractivity contribution in [2.75, 3.05) is 36.4 Å². The van der Waals surface area contributed by atoms with E-state index in [1.54, 1.807) is 12.1 Å². The zero-order valence-corrected chi connectivity index (χ0v) is 19.6. The molecule has 10 heteroatoms. The van der Waals surface area contributed by atoms with Crippen LogP contribution in [0.25, 0.3) is 0 Å². The summed E-state index contributed by atoms with van der Waals surface area (Å²) in [6.07, 6.45) is 0.275. The van der Waals surface area contributed by atoms with Crippen LogP contribution in [0.4, 0.5) is 15.2 Å². The van der Waals surface area contributed by atoms with Gasteiger partial charge in [0.25, 0.3) is 0 Å². The Labute approximate surface area is 200 Å². The van der Waals surface area contributed by atoms with Crippen molar-refractivity contribution >= 4 is 45.7 Å². The van der Waals surface area contributed by atoms with Crippen LogP contribution in [0.1, 0.15) is 18.4 Å². The van der Waals surface area contributed by atoms with Gasteiger partial charge < -0.3 is 15.1 Å². The zero-order chi connectivity index (χ0) is 23.0. The number of nitrogens with zero attached hydrogens (tertiary/aromatic N) is 4. The van der Waals surface area contributed by atoms with Crippen molar-refractivity contribution in [2.24, 2.45) is 0 Å². The van der Waals surface area contributed by atoms with Crippen LogP contribution in [-0.4, -0.2) is 53.1 Å². The molecule has 2 heterocycles. The average Bonchev–Trinajstić information content (AvgIpc) is 3.30. The van der Waals surface area contributed by atoms with E-state index in [1.807, 2.05) is 23.1 Å². The lowest BCUT2D eigenvalue weighted by molar-refractivity contribution is -0.133. The lowest BCUT2D eigenvalue weighted by atomic mass is 10.2. The van der Waals surface area contributed by atoms with E-state index in [2.05, 4.69) is 32.5 Å². The summed E-state index contributed by atoms with van der Waals surface area (Å²) >= 11 is 2.75. The van der Waals surface area contributed by atoms with Crippen molar-refractivity contribution in [3.8, 4) is 0 Å². The third kappa shape index (κ3) is 6.75. The Balaban J connectivity index is 1.17. The largest absolute Gasteiger partial charge is 0.368 e. The number of aromatic nitrogens is 2. The van der Waals surface area contributed by atoms with Crippen LogP contribution in [0.2, 0.25) is 0 Å². The summed E-state index contributed by atoms with van der Waals surface area (Å²) in [7, 11) is 0. The maximum absolute atomic E-state index is 13.0. The van der Waals surface area contributed by atoms with E-state index < -0.39 is 0 Å². The Kier molecular flexibility index (Phi) is 7.90. The van der Waals surface area contributed by atoms with Crippen LogP contribution in [-0.2, 0) is 15.3 Å². The second-order valence-electron chi connectivity index (χ2n) is 7.54. The van der Waals surface area contributed by atoms with Gasteiger partial charge in [0.1, 0.15) is 5.82 Å². The molecule has 0 atom stereocenters. The molecule has 3 aromatic rings. The van der Waals surface area contributed by atoms with Crippen molar-refractivity contribution in [1.29, 1.82) is 0 Å². The second kappa shape index (κ2) is 11.2. The number of nitrogens with one attached hydrogen (secondary N) is 1. The van der Waals surface area contributed by atoms with Gasteiger partial charge in [-0.1, -0.05) is 53.4 Å². The standard InChI is InChI=1S/C23H24FN5O2S2/c24-18-8-6-17(7-9-18)16-32-23-27-26-22(33-23)25-20(30)10-11-21(31)29-14-12-28(13-15-29)19-4-2-1-3-5-19/h1-9H,10-16H2,(H,25,26,30). The van der Waals surface area contributed by atoms with Gasteiger partial charge >= 0.3 is 0 Å². The van der Waals surface area contributed by atoms with E-state index in [4.69, 9.17) is 0 Å². The molecule has 1 aliphatic heterocycles. The minimum atomic E-state index is -0.266. The number of benzene rings is 2. The predicted molar refractivity (Wildman–Crippen MR) is 129 cm³/mol. The fourth-order valence-electron chi connectivity index (χ4n) is 3.46. The van der Waals surface area contributed by atoms with Crippen molar-refractivity contribution in [1.82, 2.24) is 15.1 Å². The van der Waals surface area contributed by atoms with Gasteiger partial charge in [0.15, 0.2) is 4.34 Å². The summed E-state index contributed by atoms with van der Waals surface area (Å²) in [6, 6.07) is 16.5. The molecule has 0 aliphatic carbocycles. The number of para-hydroxylation sites is 1. The van der Waals surface area contributed by atoms with Gasteiger partial charge in [-0.15, -0.1) is 10.2 Å². The predicted octanol–water partition coefficient (Wildman–Crippen LogP) is 4.04. The van der Waals surface area contributed by atoms with Crippen molar-refractivity contribution in [3.05, 3.63) is 66.0 Å². The van der Waals surface area contributed by atoms with E-state index in [9.17, 15) is 14.0 Å². The molecule has 2 amide bonds. The molecule has 0 bridgehead atoms. The van der Waals surface area contributed by atoms with Crippen LogP contribution in [0.5, 0.6) is 0 Å². The molecular formula is C23H24FN5O2S2. The molecule has 0 saturated carbocycles. The topological polar surface area (TPSA) is 78.4 Å². The molecule has 172 valence electrons. The quantitative estimate of drug-likeness (QED) is 0.383. The summed E-state index contributed by atoms with van der Waals surface area (Å²) < 4.78 is 13.7. The molecule has 1 fully saturated rings. The molecule has 0 radical (unpaired) electrons. The summed E-state index contributed by atoms with van der Waals surface area (Å²) in [5.74, 6) is 0.107. The first kappa shape index (κ1) is 23.2. The summed E-state index contributed by atoms with van der Waals surface area (Å²) in [5, 5.41) is 11.2. The lowest BCUT2D eigenvalue weighted by Gasteiger charge is -2.36. The fraction of sp³-hybridized carbons (Fsp3) is 0.304. The van der Waals surface area contributed by atoms with E-state index in [0.717, 1.165) is 24.3 Å². The third-order valence-electron chi connectivity index (χ3n) is 5.25. The maximum atomic E-state index is 13.0. The number of halogens is 1. The SMILES string of the molecule is O=C(CCC(=O)N1CCN(c2ccccc2)CC1)Nc1nnc(SCc2ccc(F)cc2)s1. The van der Waals surface area contributed by atoms with Gasteiger partial charge in [-0.3, -0.25) is 9.59 Å². The van der Waals surface area contributed by atoms with Crippen molar-refractivity contribution in [2.45, 2.75) is 22.9 Å². The van der Waals surface area contributed by atoms with Gasteiger partial charge in [0, 0.05) is 50.5 Å². The molecule has 4 rings (SSSR count). The summed E-state index contributed by atoms with van der Waals surface area (Å²) in [5.41, 5.74) is 2.14. The number of rotatable bonds is 8. The van der Waals surface area contributed by atoms with Crippen LogP contribution in [0.15, 0.2) is 58.9 Å². The highest BCUT2D eigenvalue weighted by molar-refractivity contribution is 8.00. The van der Waals surface area contributed by atoms with Gasteiger partial charge in [-0.05, 0) is 29.8 Å². The van der Waals surface area contributed by atoms with E-state index in [0.29, 0.717) is 28.3 Å². The molecule has 7 nitrogen and oxygen atoms in total. The minimum Gasteiger partial charge on any atom is -0.368 e. The molecule has 1 aliphatic rings. The first-order chi connectivity index (χ1) is 16.1. The van der Waals surface area contributed by atoms with E-state index in [1.165, 1.54) is 35.2 Å². The molecule has 1 N–H and O–H groups in total. The average molecular weight is 486 g/mol. The number of thioether (sulfide) groups is 1. The van der Waals surface area contributed by atoms with Crippen LogP contribution >= 0.6 is 23.1 Å².